The van der Waals surface area contributed by atoms with E-state index in [1.54, 1.807) is 0 Å². The van der Waals surface area contributed by atoms with Gasteiger partial charge in [0.2, 0.25) is 5.91 Å². The number of aryl methyl sites for hydroxylation is 1. The van der Waals surface area contributed by atoms with Crippen LogP contribution >= 0.6 is 11.3 Å². The monoisotopic (exact) mass is 282 g/mol. The van der Waals surface area contributed by atoms with Crippen LogP contribution < -0.4 is 11.1 Å². The molecule has 0 saturated heterocycles. The van der Waals surface area contributed by atoms with Gasteiger partial charge >= 0.3 is 0 Å². The average molecular weight is 282 g/mol. The quantitative estimate of drug-likeness (QED) is 0.748. The predicted octanol–water partition coefficient (Wildman–Crippen LogP) is 0.449. The van der Waals surface area contributed by atoms with E-state index in [0.29, 0.717) is 10.8 Å². The molecule has 1 aliphatic carbocycles. The van der Waals surface area contributed by atoms with Crippen molar-refractivity contribution in [2.45, 2.75) is 32.3 Å². The van der Waals surface area contributed by atoms with Gasteiger partial charge in [-0.2, -0.15) is 0 Å². The zero-order valence-corrected chi connectivity index (χ0v) is 11.6. The fourth-order valence-electron chi connectivity index (χ4n) is 2.19. The number of aliphatic hydroxyl groups excluding tert-OH is 1. The number of fused-ring (bicyclic) bond motifs is 1. The van der Waals surface area contributed by atoms with Crippen molar-refractivity contribution < 1.29 is 14.7 Å². The van der Waals surface area contributed by atoms with E-state index in [4.69, 9.17) is 5.73 Å². The summed E-state index contributed by atoms with van der Waals surface area (Å²) in [5.41, 5.74) is 6.17. The lowest BCUT2D eigenvalue weighted by molar-refractivity contribution is -0.125. The molecule has 2 atom stereocenters. The molecule has 0 aliphatic heterocycles. The zero-order valence-electron chi connectivity index (χ0n) is 10.8. The number of amides is 2. The topological polar surface area (TPSA) is 92.4 Å². The Hall–Kier alpha value is -1.40. The SMILES string of the molecule is CC1CCc2sc(C(=O)NCC(O)C(N)=O)cc2C1. The molecule has 0 radical (unpaired) electrons. The Labute approximate surface area is 115 Å². The molecule has 0 saturated carbocycles. The number of thiophene rings is 1. The highest BCUT2D eigenvalue weighted by molar-refractivity contribution is 7.14. The van der Waals surface area contributed by atoms with Crippen LogP contribution in [-0.4, -0.2) is 29.6 Å². The molecule has 1 aromatic heterocycles. The van der Waals surface area contributed by atoms with Crippen LogP contribution in [0.4, 0.5) is 0 Å². The van der Waals surface area contributed by atoms with Crippen LogP contribution in [0.5, 0.6) is 0 Å². The first-order valence-electron chi connectivity index (χ1n) is 6.34. The van der Waals surface area contributed by atoms with E-state index in [1.165, 1.54) is 21.8 Å². The highest BCUT2D eigenvalue weighted by atomic mass is 32.1. The predicted molar refractivity (Wildman–Crippen MR) is 73.0 cm³/mol. The summed E-state index contributed by atoms with van der Waals surface area (Å²) in [6.07, 6.45) is 1.87. The van der Waals surface area contributed by atoms with Gasteiger partial charge in [0.05, 0.1) is 11.4 Å². The Bertz CT molecular complexity index is 498. The molecule has 1 aliphatic rings. The second kappa shape index (κ2) is 5.71. The lowest BCUT2D eigenvalue weighted by Crippen LogP contribution is -2.39. The van der Waals surface area contributed by atoms with Crippen molar-refractivity contribution in [3.63, 3.8) is 0 Å². The van der Waals surface area contributed by atoms with Crippen molar-refractivity contribution in [3.8, 4) is 0 Å². The lowest BCUT2D eigenvalue weighted by Gasteiger charge is -2.16. The molecule has 5 nitrogen and oxygen atoms in total. The number of nitrogens with one attached hydrogen (secondary N) is 1. The van der Waals surface area contributed by atoms with Crippen molar-refractivity contribution in [2.24, 2.45) is 11.7 Å². The molecule has 19 heavy (non-hydrogen) atoms. The zero-order chi connectivity index (χ0) is 14.0. The third kappa shape index (κ3) is 3.33. The van der Waals surface area contributed by atoms with Crippen molar-refractivity contribution in [2.75, 3.05) is 6.54 Å². The highest BCUT2D eigenvalue weighted by Gasteiger charge is 2.21. The Balaban J connectivity index is 1.98. The van der Waals surface area contributed by atoms with Crippen LogP contribution in [0.3, 0.4) is 0 Å². The normalized spacial score (nSPS) is 19.6. The van der Waals surface area contributed by atoms with Crippen molar-refractivity contribution >= 4 is 23.2 Å². The summed E-state index contributed by atoms with van der Waals surface area (Å²) < 4.78 is 0. The summed E-state index contributed by atoms with van der Waals surface area (Å²) in [6, 6.07) is 1.92. The fourth-order valence-corrected chi connectivity index (χ4v) is 3.32. The number of hydrogen-bond donors (Lipinski definition) is 3. The molecule has 4 N–H and O–H groups in total. The molecule has 0 spiro atoms. The maximum absolute atomic E-state index is 11.9. The molecular formula is C13H18N2O3S. The summed E-state index contributed by atoms with van der Waals surface area (Å²) in [6.45, 7) is 2.07. The molecular weight excluding hydrogens is 264 g/mol. The summed E-state index contributed by atoms with van der Waals surface area (Å²) >= 11 is 1.50. The van der Waals surface area contributed by atoms with Gasteiger partial charge in [-0.1, -0.05) is 6.92 Å². The van der Waals surface area contributed by atoms with Crippen molar-refractivity contribution in [1.29, 1.82) is 0 Å². The van der Waals surface area contributed by atoms with Gasteiger partial charge in [0, 0.05) is 4.88 Å². The Morgan fingerprint density at radius 2 is 2.37 bits per heavy atom. The smallest absolute Gasteiger partial charge is 0.261 e. The molecule has 0 bridgehead atoms. The Kier molecular flexibility index (Phi) is 4.21. The molecule has 2 rings (SSSR count). The number of aliphatic hydroxyl groups is 1. The van der Waals surface area contributed by atoms with Gasteiger partial charge in [-0.25, -0.2) is 0 Å². The number of carbonyl (C=O) groups excluding carboxylic acids is 2. The second-order valence-electron chi connectivity index (χ2n) is 5.04. The van der Waals surface area contributed by atoms with Crippen LogP contribution in [0.2, 0.25) is 0 Å². The lowest BCUT2D eigenvalue weighted by atomic mass is 9.90. The van der Waals surface area contributed by atoms with Gasteiger partial charge in [0.25, 0.3) is 5.91 Å². The van der Waals surface area contributed by atoms with E-state index in [-0.39, 0.29) is 12.5 Å². The van der Waals surface area contributed by atoms with Gasteiger partial charge in [-0.3, -0.25) is 9.59 Å². The average Bonchev–Trinajstić information content (AvgIpc) is 2.78. The first-order valence-corrected chi connectivity index (χ1v) is 7.16. The van der Waals surface area contributed by atoms with Gasteiger partial charge in [-0.05, 0) is 36.8 Å². The van der Waals surface area contributed by atoms with E-state index in [1.807, 2.05) is 6.07 Å². The summed E-state index contributed by atoms with van der Waals surface area (Å²) in [5, 5.41) is 11.8. The molecule has 2 amide bonds. The molecule has 6 heteroatoms. The van der Waals surface area contributed by atoms with Crippen molar-refractivity contribution in [3.05, 3.63) is 21.4 Å². The minimum Gasteiger partial charge on any atom is -0.381 e. The fraction of sp³-hybridized carbons (Fsp3) is 0.538. The van der Waals surface area contributed by atoms with E-state index < -0.39 is 12.0 Å². The van der Waals surface area contributed by atoms with Gasteiger partial charge in [-0.15, -0.1) is 11.3 Å². The standard InChI is InChI=1S/C13H18N2O3S/c1-7-2-3-10-8(4-7)5-11(19-10)13(18)15-6-9(16)12(14)17/h5,7,9,16H,2-4,6H2,1H3,(H2,14,17)(H,15,18). The van der Waals surface area contributed by atoms with Crippen molar-refractivity contribution in [1.82, 2.24) is 5.32 Å². The third-order valence-electron chi connectivity index (χ3n) is 3.34. The minimum atomic E-state index is -1.33. The third-order valence-corrected chi connectivity index (χ3v) is 4.57. The van der Waals surface area contributed by atoms with E-state index in [2.05, 4.69) is 12.2 Å². The number of hydrogen-bond acceptors (Lipinski definition) is 4. The molecule has 104 valence electrons. The van der Waals surface area contributed by atoms with E-state index in [9.17, 15) is 14.7 Å². The van der Waals surface area contributed by atoms with Crippen LogP contribution in [0.25, 0.3) is 0 Å². The summed E-state index contributed by atoms with van der Waals surface area (Å²) in [7, 11) is 0. The van der Waals surface area contributed by atoms with Crippen LogP contribution in [-0.2, 0) is 17.6 Å². The van der Waals surface area contributed by atoms with Crippen LogP contribution in [0.1, 0.15) is 33.5 Å². The van der Waals surface area contributed by atoms with Crippen LogP contribution in [0, 0.1) is 5.92 Å². The maximum Gasteiger partial charge on any atom is 0.261 e. The number of carbonyl (C=O) groups is 2. The van der Waals surface area contributed by atoms with Gasteiger partial charge in [0.15, 0.2) is 0 Å². The van der Waals surface area contributed by atoms with Crippen LogP contribution in [0.15, 0.2) is 6.07 Å². The Morgan fingerprint density at radius 1 is 1.63 bits per heavy atom. The van der Waals surface area contributed by atoms with E-state index in [0.717, 1.165) is 19.3 Å². The van der Waals surface area contributed by atoms with Gasteiger partial charge < -0.3 is 16.2 Å². The first kappa shape index (κ1) is 14.0. The summed E-state index contributed by atoms with van der Waals surface area (Å²) in [5.74, 6) is -0.429. The number of nitrogens with two attached hydrogens (primary N) is 1. The Morgan fingerprint density at radius 3 is 3.05 bits per heavy atom. The van der Waals surface area contributed by atoms with Gasteiger partial charge in [0.1, 0.15) is 6.10 Å². The van der Waals surface area contributed by atoms with E-state index >= 15 is 0 Å². The summed E-state index contributed by atoms with van der Waals surface area (Å²) in [4.78, 5) is 24.5. The second-order valence-corrected chi connectivity index (χ2v) is 6.17. The molecule has 0 fully saturated rings. The highest BCUT2D eigenvalue weighted by Crippen LogP contribution is 2.32. The molecule has 1 heterocycles. The minimum absolute atomic E-state index is 0.146. The largest absolute Gasteiger partial charge is 0.381 e. The maximum atomic E-state index is 11.9. The molecule has 0 aromatic carbocycles. The number of rotatable bonds is 4. The first-order chi connectivity index (χ1) is 8.97. The number of primary amides is 1. The molecule has 2 unspecified atom stereocenters. The molecule has 1 aromatic rings.